The molecule has 364 valence electrons. The number of methoxy groups -OCH3 is 1. The average molecular weight is 998 g/mol. The Labute approximate surface area is 392 Å². The van der Waals surface area contributed by atoms with E-state index in [-0.39, 0.29) is 58.5 Å². The van der Waals surface area contributed by atoms with Crippen molar-refractivity contribution in [1.82, 2.24) is 9.55 Å². The van der Waals surface area contributed by atoms with Gasteiger partial charge in [-0.3, -0.25) is 9.69 Å². The molecule has 2 aromatic carbocycles. The maximum atomic E-state index is 15.8. The van der Waals surface area contributed by atoms with Gasteiger partial charge in [-0.05, 0) is 105 Å². The number of para-hydroxylation sites is 2. The van der Waals surface area contributed by atoms with Crippen molar-refractivity contribution >= 4 is 64.0 Å². The largest absolute Gasteiger partial charge is 0.536 e. The summed E-state index contributed by atoms with van der Waals surface area (Å²) in [6, 6.07) is 6.63. The van der Waals surface area contributed by atoms with Gasteiger partial charge in [-0.15, -0.1) is 0 Å². The summed E-state index contributed by atoms with van der Waals surface area (Å²) in [7, 11) is -16.5. The Morgan fingerprint density at radius 3 is 2.32 bits per heavy atom. The van der Waals surface area contributed by atoms with E-state index >= 15 is 4.79 Å². The third-order valence-electron chi connectivity index (χ3n) is 13.9. The maximum absolute atomic E-state index is 15.8. The van der Waals surface area contributed by atoms with Gasteiger partial charge in [0, 0.05) is 29.4 Å². The molecule has 3 saturated carbocycles. The molecular formula is C46H54N3O16P3. The number of carbonyl (C=O) groups is 2. The number of Topliss-reactive ketones (excluding diaryl/α,β-unsaturated/α-hetero) is 1. The van der Waals surface area contributed by atoms with Crippen LogP contribution in [-0.4, -0.2) is 76.1 Å². The Balaban J connectivity index is 1.39. The van der Waals surface area contributed by atoms with Crippen LogP contribution in [0.5, 0.6) is 17.2 Å². The summed E-state index contributed by atoms with van der Waals surface area (Å²) >= 11 is 0. The number of phosphoric ester groups is 1. The minimum Gasteiger partial charge on any atom is -0.482 e. The van der Waals surface area contributed by atoms with Crippen molar-refractivity contribution < 1.29 is 75.0 Å². The number of imidazole rings is 1. The fourth-order valence-corrected chi connectivity index (χ4v) is 14.5. The lowest BCUT2D eigenvalue weighted by Gasteiger charge is -2.64. The van der Waals surface area contributed by atoms with Crippen LogP contribution < -0.4 is 14.0 Å². The predicted octanol–water partition coefficient (Wildman–Crippen LogP) is 8.86. The highest BCUT2D eigenvalue weighted by Gasteiger charge is 2.86. The van der Waals surface area contributed by atoms with E-state index in [0.717, 1.165) is 11.1 Å². The van der Waals surface area contributed by atoms with Gasteiger partial charge in [-0.2, -0.15) is 8.62 Å². The first-order valence-corrected chi connectivity index (χ1v) is 26.6. The molecule has 1 spiro atoms. The lowest BCUT2D eigenvalue weighted by molar-refractivity contribution is -0.206. The molecule has 0 radical (unpaired) electrons. The monoisotopic (exact) mass is 997 g/mol. The van der Waals surface area contributed by atoms with E-state index in [2.05, 4.69) is 14.7 Å². The average Bonchev–Trinajstić information content (AvgIpc) is 3.66. The van der Waals surface area contributed by atoms with Gasteiger partial charge in [-0.1, -0.05) is 41.5 Å². The Hall–Kier alpha value is -4.51. The fourth-order valence-electron chi connectivity index (χ4n) is 11.4. The van der Waals surface area contributed by atoms with Crippen LogP contribution in [-0.2, 0) is 47.8 Å². The van der Waals surface area contributed by atoms with Crippen LogP contribution in [0, 0.1) is 17.8 Å². The van der Waals surface area contributed by atoms with Gasteiger partial charge in [0.25, 0.3) is 0 Å². The summed E-state index contributed by atoms with van der Waals surface area (Å²) in [5.41, 5.74) is -1.15. The van der Waals surface area contributed by atoms with Crippen molar-refractivity contribution in [3.05, 3.63) is 82.0 Å². The second-order valence-electron chi connectivity index (χ2n) is 19.5. The first kappa shape index (κ1) is 48.5. The highest BCUT2D eigenvalue weighted by Crippen LogP contribution is 2.75. The molecule has 3 aliphatic carbocycles. The van der Waals surface area contributed by atoms with E-state index in [1.54, 1.807) is 25.2 Å². The molecule has 4 bridgehead atoms. The number of carbonyl (C=O) groups excluding carboxylic acids is 2. The van der Waals surface area contributed by atoms with E-state index in [0.29, 0.717) is 35.9 Å². The summed E-state index contributed by atoms with van der Waals surface area (Å²) < 4.78 is 81.9. The summed E-state index contributed by atoms with van der Waals surface area (Å²) in [5.74, 6) is -3.10. The van der Waals surface area contributed by atoms with Gasteiger partial charge < -0.3 is 42.7 Å². The summed E-state index contributed by atoms with van der Waals surface area (Å²) in [6.45, 7) is 15.0. The van der Waals surface area contributed by atoms with Crippen molar-refractivity contribution in [1.29, 1.82) is 0 Å². The predicted molar refractivity (Wildman–Crippen MR) is 248 cm³/mol. The summed E-state index contributed by atoms with van der Waals surface area (Å²) in [5, 5.41) is 0. The third-order valence-corrected chi connectivity index (χ3v) is 17.7. The molecule has 4 N–H and O–H groups in total. The number of hydrogen-bond acceptors (Lipinski definition) is 14. The highest BCUT2D eigenvalue weighted by molar-refractivity contribution is 7.66. The molecule has 4 fully saturated rings. The van der Waals surface area contributed by atoms with Crippen LogP contribution in [0.1, 0.15) is 104 Å². The molecule has 5 heterocycles. The molecule has 7 aliphatic rings. The quantitative estimate of drug-likeness (QED) is 0.0508. The molecule has 19 nitrogen and oxygen atoms in total. The molecule has 0 amide bonds. The maximum Gasteiger partial charge on any atom is 0.536 e. The lowest BCUT2D eigenvalue weighted by atomic mass is 9.44. The normalized spacial score (nSPS) is 29.8. The first-order chi connectivity index (χ1) is 31.7. The lowest BCUT2D eigenvalue weighted by Crippen LogP contribution is -2.79. The first-order valence-electron chi connectivity index (χ1n) is 22.1. The van der Waals surface area contributed by atoms with Crippen LogP contribution in [0.15, 0.2) is 70.3 Å². The zero-order chi connectivity index (χ0) is 49.3. The van der Waals surface area contributed by atoms with Gasteiger partial charge in [0.1, 0.15) is 17.1 Å². The molecule has 22 heteroatoms. The van der Waals surface area contributed by atoms with Crippen LogP contribution in [0.2, 0.25) is 0 Å². The van der Waals surface area contributed by atoms with Crippen LogP contribution in [0.25, 0.3) is 17.1 Å². The number of esters is 1. The zero-order valence-electron chi connectivity index (χ0n) is 38.9. The minimum absolute atomic E-state index is 0.0106. The second kappa shape index (κ2) is 16.3. The topological polar surface area (TPSA) is 261 Å². The second-order valence-corrected chi connectivity index (χ2v) is 23.8. The number of rotatable bonds is 14. The smallest absolute Gasteiger partial charge is 0.482 e. The Morgan fingerprint density at radius 1 is 0.941 bits per heavy atom. The molecule has 1 saturated heterocycles. The van der Waals surface area contributed by atoms with Crippen molar-refractivity contribution in [3.8, 4) is 17.2 Å². The fraction of sp³-hybridized carbons (Fsp3) is 0.478. The molecular weight excluding hydrogens is 943 g/mol. The Kier molecular flexibility index (Phi) is 11.6. The SMILES string of the molecule is COC(=O)C(C)=CCC12OC(C)(C)C3CC(C1=O)C1C4C(=Nc5nc6ccccc6n51)c1c(OP(=O)(O)OP(=O)(O)OP(=O)(O)O)c5c(c(CC=C(C)C)c1OC432)OC(C)(CCC=C(C)C)C=C5. The van der Waals surface area contributed by atoms with E-state index in [9.17, 15) is 38.1 Å². The number of hydrogen-bond donors (Lipinski definition) is 4. The van der Waals surface area contributed by atoms with Gasteiger partial charge in [0.2, 0.25) is 5.95 Å². The minimum atomic E-state index is -6.01. The van der Waals surface area contributed by atoms with Crippen molar-refractivity contribution in [3.63, 3.8) is 0 Å². The summed E-state index contributed by atoms with van der Waals surface area (Å²) in [4.78, 5) is 79.4. The van der Waals surface area contributed by atoms with Crippen molar-refractivity contribution in [2.24, 2.45) is 22.7 Å². The van der Waals surface area contributed by atoms with E-state index in [1.165, 1.54) is 7.11 Å². The number of ether oxygens (including phenoxy) is 4. The molecule has 9 unspecified atom stereocenters. The van der Waals surface area contributed by atoms with Gasteiger partial charge in [-0.25, -0.2) is 28.5 Å². The zero-order valence-corrected chi connectivity index (χ0v) is 41.6. The number of aromatic nitrogens is 2. The number of nitrogens with zero attached hydrogens (tertiary/aromatic N) is 3. The number of aliphatic imine (C=N–C) groups is 1. The number of fused-ring (bicyclic) bond motifs is 6. The number of benzene rings is 2. The van der Waals surface area contributed by atoms with E-state index < -0.39 is 81.4 Å². The van der Waals surface area contributed by atoms with E-state index in [4.69, 9.17) is 33.4 Å². The molecule has 10 rings (SSSR count). The van der Waals surface area contributed by atoms with E-state index in [1.807, 2.05) is 83.4 Å². The van der Waals surface area contributed by atoms with Gasteiger partial charge >= 0.3 is 29.4 Å². The molecule has 4 aliphatic heterocycles. The number of ketones is 1. The van der Waals surface area contributed by atoms with Gasteiger partial charge in [0.15, 0.2) is 22.7 Å². The van der Waals surface area contributed by atoms with Crippen molar-refractivity contribution in [2.75, 3.05) is 7.11 Å². The van der Waals surface area contributed by atoms with Crippen LogP contribution in [0.3, 0.4) is 0 Å². The summed E-state index contributed by atoms with van der Waals surface area (Å²) in [6.07, 6.45) is 10.5. The highest BCUT2D eigenvalue weighted by atomic mass is 31.3. The third kappa shape index (κ3) is 7.74. The molecule has 1 aromatic heterocycles. The Bertz CT molecular complexity index is 3010. The van der Waals surface area contributed by atoms with Crippen molar-refractivity contribution in [2.45, 2.75) is 116 Å². The molecule has 9 atom stereocenters. The van der Waals surface area contributed by atoms with Crippen LogP contribution >= 0.6 is 23.5 Å². The number of allylic oxidation sites excluding steroid dienone is 4. The molecule has 3 aromatic rings. The van der Waals surface area contributed by atoms with Gasteiger partial charge in [0.05, 0.1) is 52.5 Å². The van der Waals surface area contributed by atoms with Crippen LogP contribution in [0.4, 0.5) is 5.95 Å². The molecule has 68 heavy (non-hydrogen) atoms. The standard InChI is InChI=1S/C46H54N3O16P3/c1-24(2)13-12-20-44(8)21-19-28-37(60-44)27(17-16-25(3)4)38-33(39(28)62-67(55,56)65-68(57,58)64-66(52,53)54)35-34-36(49-31-15-11-10-14-30(31)47-42(49)48-35)29-23-32-43(6,7)63-45(40(29)50,46(32,34)61-38)22-18-26(5)41(51)59-9/h10-11,13-16,18-19,21,29,32,34,36H,12,17,20,22-23H2,1-9H3,(H,55,56)(H,57,58)(H2,52,53,54). The number of phosphoric acid groups is 3. The Morgan fingerprint density at radius 2 is 1.65 bits per heavy atom.